The first kappa shape index (κ1) is 16.3. The average molecular weight is 345 g/mol. The Hall–Kier alpha value is -2.61. The molecule has 0 aliphatic heterocycles. The Kier molecular flexibility index (Phi) is 4.39. The van der Waals surface area contributed by atoms with Gasteiger partial charge in [0.1, 0.15) is 0 Å². The lowest BCUT2D eigenvalue weighted by atomic mass is 10.1. The predicted molar refractivity (Wildman–Crippen MR) is 91.2 cm³/mol. The first-order valence-electron chi connectivity index (χ1n) is 7.65. The Labute approximate surface area is 141 Å². The van der Waals surface area contributed by atoms with Crippen LogP contribution in [0.5, 0.6) is 0 Å². The maximum Gasteiger partial charge on any atom is 0.279 e. The summed E-state index contributed by atoms with van der Waals surface area (Å²) in [5.41, 5.74) is 1.51. The van der Waals surface area contributed by atoms with E-state index in [1.54, 1.807) is 10.9 Å². The van der Waals surface area contributed by atoms with Crippen molar-refractivity contribution in [2.75, 3.05) is 4.72 Å². The van der Waals surface area contributed by atoms with Gasteiger partial charge in [0.15, 0.2) is 5.03 Å². The fourth-order valence-corrected chi connectivity index (χ4v) is 3.69. The number of aryl methyl sites for hydroxylation is 1. The molecule has 2 aromatic heterocycles. The predicted octanol–water partition coefficient (Wildman–Crippen LogP) is 2.51. The number of hydrogen-bond acceptors (Lipinski definition) is 4. The van der Waals surface area contributed by atoms with Gasteiger partial charge in [-0.15, -0.1) is 0 Å². The normalized spacial score (nSPS) is 12.9. The molecule has 0 amide bonds. The molecule has 0 radical (unpaired) electrons. The first-order chi connectivity index (χ1) is 11.5. The number of benzene rings is 1. The fraction of sp³-hybridized carbons (Fsp3) is 0.250. The molecule has 1 N–H and O–H groups in total. The molecule has 0 saturated heterocycles. The molecule has 0 aliphatic rings. The number of anilines is 1. The molecule has 3 aromatic rings. The van der Waals surface area contributed by atoms with Gasteiger partial charge in [-0.1, -0.05) is 30.3 Å². The topological polar surface area (TPSA) is 81.8 Å². The van der Waals surface area contributed by atoms with Gasteiger partial charge in [-0.25, -0.2) is 0 Å². The summed E-state index contributed by atoms with van der Waals surface area (Å²) in [5.74, 6) is 0. The van der Waals surface area contributed by atoms with Crippen molar-refractivity contribution in [1.82, 2.24) is 19.6 Å². The van der Waals surface area contributed by atoms with Gasteiger partial charge in [-0.2, -0.15) is 18.6 Å². The van der Waals surface area contributed by atoms with Crippen molar-refractivity contribution >= 4 is 15.7 Å². The van der Waals surface area contributed by atoms with E-state index >= 15 is 0 Å². The second-order valence-electron chi connectivity index (χ2n) is 5.39. The Balaban J connectivity index is 1.81. The van der Waals surface area contributed by atoms with Crippen LogP contribution in [0.2, 0.25) is 0 Å². The molecule has 8 heteroatoms. The molecule has 0 bridgehead atoms. The number of nitrogens with one attached hydrogen (secondary N) is 1. The zero-order chi connectivity index (χ0) is 17.2. The molecule has 1 atom stereocenters. The van der Waals surface area contributed by atoms with E-state index in [2.05, 4.69) is 14.9 Å². The van der Waals surface area contributed by atoms with Gasteiger partial charge in [0.2, 0.25) is 0 Å². The molecule has 0 fully saturated rings. The number of sulfonamides is 1. The smallest absolute Gasteiger partial charge is 0.275 e. The van der Waals surface area contributed by atoms with Crippen LogP contribution in [0.15, 0.2) is 60.0 Å². The van der Waals surface area contributed by atoms with Crippen LogP contribution in [0, 0.1) is 0 Å². The maximum absolute atomic E-state index is 12.5. The van der Waals surface area contributed by atoms with Crippen molar-refractivity contribution in [1.29, 1.82) is 0 Å². The van der Waals surface area contributed by atoms with Gasteiger partial charge in [0, 0.05) is 12.7 Å². The quantitative estimate of drug-likeness (QED) is 0.744. The summed E-state index contributed by atoms with van der Waals surface area (Å²) in [5, 5.41) is 8.39. The van der Waals surface area contributed by atoms with Crippen LogP contribution >= 0.6 is 0 Å². The SMILES string of the molecule is CCn1nccc1S(=O)(=O)Nc1cnn(C(C)c2ccccc2)c1. The molecule has 126 valence electrons. The van der Waals surface area contributed by atoms with E-state index in [0.717, 1.165) is 5.56 Å². The zero-order valence-electron chi connectivity index (χ0n) is 13.5. The lowest BCUT2D eigenvalue weighted by Crippen LogP contribution is -2.17. The highest BCUT2D eigenvalue weighted by Crippen LogP contribution is 2.20. The molecule has 0 spiro atoms. The molecular formula is C16H19N5O2S. The van der Waals surface area contributed by atoms with Gasteiger partial charge in [-0.3, -0.25) is 14.1 Å². The minimum atomic E-state index is -3.69. The summed E-state index contributed by atoms with van der Waals surface area (Å²) in [6.45, 7) is 4.33. The highest BCUT2D eigenvalue weighted by molar-refractivity contribution is 7.92. The molecule has 1 unspecified atom stereocenters. The van der Waals surface area contributed by atoms with E-state index in [0.29, 0.717) is 12.2 Å². The number of hydrogen-bond donors (Lipinski definition) is 1. The van der Waals surface area contributed by atoms with E-state index in [1.165, 1.54) is 23.1 Å². The summed E-state index contributed by atoms with van der Waals surface area (Å²) >= 11 is 0. The van der Waals surface area contributed by atoms with Crippen LogP contribution in [-0.4, -0.2) is 28.0 Å². The van der Waals surface area contributed by atoms with Gasteiger partial charge in [0.25, 0.3) is 10.0 Å². The molecule has 0 saturated carbocycles. The largest absolute Gasteiger partial charge is 0.279 e. The second kappa shape index (κ2) is 6.48. The Bertz CT molecular complexity index is 915. The molecular weight excluding hydrogens is 326 g/mol. The van der Waals surface area contributed by atoms with Crippen molar-refractivity contribution in [3.63, 3.8) is 0 Å². The molecule has 7 nitrogen and oxygen atoms in total. The number of nitrogens with zero attached hydrogens (tertiary/aromatic N) is 4. The first-order valence-corrected chi connectivity index (χ1v) is 9.13. The molecule has 0 aliphatic carbocycles. The third-order valence-corrected chi connectivity index (χ3v) is 5.19. The fourth-order valence-electron chi connectivity index (χ4n) is 2.48. The van der Waals surface area contributed by atoms with Gasteiger partial charge in [-0.05, 0) is 25.5 Å². The Morgan fingerprint density at radius 3 is 2.62 bits per heavy atom. The summed E-state index contributed by atoms with van der Waals surface area (Å²) in [6, 6.07) is 11.4. The highest BCUT2D eigenvalue weighted by atomic mass is 32.2. The van der Waals surface area contributed by atoms with Crippen LogP contribution in [-0.2, 0) is 16.6 Å². The molecule has 2 heterocycles. The Morgan fingerprint density at radius 1 is 1.17 bits per heavy atom. The zero-order valence-corrected chi connectivity index (χ0v) is 14.3. The third kappa shape index (κ3) is 3.18. The van der Waals surface area contributed by atoms with Crippen molar-refractivity contribution in [2.45, 2.75) is 31.5 Å². The molecule has 1 aromatic carbocycles. The van der Waals surface area contributed by atoms with Crippen molar-refractivity contribution < 1.29 is 8.42 Å². The average Bonchev–Trinajstić information content (AvgIpc) is 3.23. The monoisotopic (exact) mass is 345 g/mol. The van der Waals surface area contributed by atoms with Gasteiger partial charge < -0.3 is 0 Å². The standard InChI is InChI=1S/C16H19N5O2S/c1-3-20-16(9-10-17-20)24(22,23)19-15-11-18-21(12-15)13(2)14-7-5-4-6-8-14/h4-13,19H,3H2,1-2H3. The van der Waals surface area contributed by atoms with Crippen molar-refractivity contribution in [2.24, 2.45) is 0 Å². The van der Waals surface area contributed by atoms with Crippen LogP contribution in [0.3, 0.4) is 0 Å². The third-order valence-electron chi connectivity index (χ3n) is 3.78. The minimum absolute atomic E-state index is 0.00521. The molecule has 24 heavy (non-hydrogen) atoms. The lowest BCUT2D eigenvalue weighted by Gasteiger charge is -2.12. The van der Waals surface area contributed by atoms with E-state index in [9.17, 15) is 8.42 Å². The number of aromatic nitrogens is 4. The minimum Gasteiger partial charge on any atom is -0.275 e. The van der Waals surface area contributed by atoms with Crippen LogP contribution in [0.1, 0.15) is 25.5 Å². The van der Waals surface area contributed by atoms with E-state index in [1.807, 2.05) is 44.2 Å². The summed E-state index contributed by atoms with van der Waals surface area (Å²) in [6.07, 6.45) is 4.66. The lowest BCUT2D eigenvalue weighted by molar-refractivity contribution is 0.558. The summed E-state index contributed by atoms with van der Waals surface area (Å²) in [7, 11) is -3.69. The van der Waals surface area contributed by atoms with Crippen LogP contribution in [0.25, 0.3) is 0 Å². The van der Waals surface area contributed by atoms with Gasteiger partial charge >= 0.3 is 0 Å². The summed E-state index contributed by atoms with van der Waals surface area (Å²) < 4.78 is 30.7. The number of rotatable bonds is 6. The van der Waals surface area contributed by atoms with E-state index in [-0.39, 0.29) is 11.1 Å². The Morgan fingerprint density at radius 2 is 1.92 bits per heavy atom. The van der Waals surface area contributed by atoms with Crippen LogP contribution < -0.4 is 4.72 Å². The van der Waals surface area contributed by atoms with Crippen molar-refractivity contribution in [3.8, 4) is 0 Å². The maximum atomic E-state index is 12.5. The second-order valence-corrected chi connectivity index (χ2v) is 7.02. The van der Waals surface area contributed by atoms with Crippen LogP contribution in [0.4, 0.5) is 5.69 Å². The molecule has 3 rings (SSSR count). The van der Waals surface area contributed by atoms with E-state index in [4.69, 9.17) is 0 Å². The van der Waals surface area contributed by atoms with Crippen molar-refractivity contribution in [3.05, 3.63) is 60.6 Å². The highest BCUT2D eigenvalue weighted by Gasteiger charge is 2.20. The summed E-state index contributed by atoms with van der Waals surface area (Å²) in [4.78, 5) is 0. The van der Waals surface area contributed by atoms with E-state index < -0.39 is 10.0 Å². The van der Waals surface area contributed by atoms with Gasteiger partial charge in [0.05, 0.1) is 24.1 Å².